The number of rotatable bonds is 11. The second kappa shape index (κ2) is 16.4. The van der Waals surface area contributed by atoms with Crippen molar-refractivity contribution in [2.75, 3.05) is 10.2 Å². The number of ether oxygens (including phenoxy) is 1. The molecule has 0 spiro atoms. The second-order valence-electron chi connectivity index (χ2n) is 18.1. The predicted molar refractivity (Wildman–Crippen MR) is 225 cm³/mol. The molecule has 3 aromatic heterocycles. The van der Waals surface area contributed by atoms with Gasteiger partial charge in [-0.25, -0.2) is 18.9 Å². The van der Waals surface area contributed by atoms with Crippen LogP contribution in [0.25, 0.3) is 16.5 Å². The van der Waals surface area contributed by atoms with Crippen LogP contribution in [0.2, 0.25) is 0 Å². The Labute approximate surface area is 350 Å². The molecule has 2 amide bonds. The first kappa shape index (κ1) is 44.5. The maximum atomic E-state index is 15.8. The molecule has 2 N–H and O–H groups in total. The van der Waals surface area contributed by atoms with E-state index in [0.717, 1.165) is 29.5 Å². The molecule has 16 heteroatoms. The number of pyridine rings is 2. The molecule has 11 nitrogen and oxygen atoms in total. The molecule has 60 heavy (non-hydrogen) atoms. The van der Waals surface area contributed by atoms with Gasteiger partial charge in [0.05, 0.1) is 11.4 Å². The standard InChI is InChI=1S/C44H51F4N7O4S/c1-40(2,3)54(39(57)59-41(4,5)6)37-32-25-31(14-12-28(32)17-23-50-37)55-35(26-36(52-55)44(46,47)48)38(56)51-34-24-30(13-15-33(34)45)43(20-16-27-10-11-27,29-18-21-49-22-19-29)53-60(58)42(7,8)9/h12-15,17-19,21-27,53H,10-11,16,20H2,1-9H3,(H,51,56)/t43?,60-/m1/s1. The first-order valence-electron chi connectivity index (χ1n) is 19.7. The molecule has 0 saturated heterocycles. The van der Waals surface area contributed by atoms with Crippen molar-refractivity contribution in [2.45, 2.75) is 116 Å². The van der Waals surface area contributed by atoms with Gasteiger partial charge in [-0.05, 0) is 140 Å². The summed E-state index contributed by atoms with van der Waals surface area (Å²) in [4.78, 5) is 37.8. The van der Waals surface area contributed by atoms with Crippen LogP contribution in [0.15, 0.2) is 79.3 Å². The molecule has 1 saturated carbocycles. The van der Waals surface area contributed by atoms with Crippen molar-refractivity contribution in [1.82, 2.24) is 24.5 Å². The molecule has 2 atom stereocenters. The van der Waals surface area contributed by atoms with Gasteiger partial charge in [-0.1, -0.05) is 25.0 Å². The van der Waals surface area contributed by atoms with Crippen molar-refractivity contribution < 1.29 is 36.4 Å². The maximum absolute atomic E-state index is 15.8. The van der Waals surface area contributed by atoms with Crippen molar-refractivity contribution in [3.63, 3.8) is 0 Å². The van der Waals surface area contributed by atoms with E-state index in [1.54, 1.807) is 84.3 Å². The molecule has 1 aliphatic carbocycles. The summed E-state index contributed by atoms with van der Waals surface area (Å²) in [5, 5.41) is 7.28. The van der Waals surface area contributed by atoms with Crippen molar-refractivity contribution in [1.29, 1.82) is 0 Å². The number of hydrogen-bond donors (Lipinski definition) is 2. The molecule has 1 unspecified atom stereocenters. The molecule has 320 valence electrons. The second-order valence-corrected chi connectivity index (χ2v) is 20.1. The molecule has 1 fully saturated rings. The van der Waals surface area contributed by atoms with Gasteiger partial charge in [0.2, 0.25) is 0 Å². The Morgan fingerprint density at radius 1 is 0.900 bits per heavy atom. The predicted octanol–water partition coefficient (Wildman–Crippen LogP) is 10.3. The number of fused-ring (bicyclic) bond motifs is 1. The monoisotopic (exact) mass is 849 g/mol. The minimum absolute atomic E-state index is 0.0373. The SMILES string of the molecule is CC(C)(C)OC(=O)N(c1nccc2ccc(-n3nc(C(F)(F)F)cc3C(=O)Nc3cc(C(CCC4CC4)(N[S@+]([O-])C(C)(C)C)c4ccncc4)ccc3F)cc12)C(C)(C)C. The normalized spacial score (nSPS) is 15.4. The number of aromatic nitrogens is 4. The van der Waals surface area contributed by atoms with Gasteiger partial charge in [0.25, 0.3) is 5.91 Å². The average molecular weight is 850 g/mol. The van der Waals surface area contributed by atoms with E-state index in [4.69, 9.17) is 4.74 Å². The summed E-state index contributed by atoms with van der Waals surface area (Å²) in [6, 6.07) is 14.6. The van der Waals surface area contributed by atoms with E-state index < -0.39 is 68.2 Å². The van der Waals surface area contributed by atoms with Gasteiger partial charge in [-0.15, -0.1) is 4.72 Å². The average Bonchev–Trinajstić information content (AvgIpc) is 3.86. The van der Waals surface area contributed by atoms with Gasteiger partial charge in [-0.2, -0.15) is 18.3 Å². The largest absolute Gasteiger partial charge is 0.598 e. The highest BCUT2D eigenvalue weighted by atomic mass is 32.2. The van der Waals surface area contributed by atoms with E-state index in [0.29, 0.717) is 34.7 Å². The lowest BCUT2D eigenvalue weighted by molar-refractivity contribution is -0.141. The fourth-order valence-electron chi connectivity index (χ4n) is 6.79. The third kappa shape index (κ3) is 9.93. The number of halogens is 4. The number of hydrogen-bond acceptors (Lipinski definition) is 8. The Kier molecular flexibility index (Phi) is 12.2. The van der Waals surface area contributed by atoms with Crippen molar-refractivity contribution >= 4 is 45.6 Å². The molecule has 0 radical (unpaired) electrons. The van der Waals surface area contributed by atoms with Gasteiger partial charge in [-0.3, -0.25) is 14.7 Å². The highest BCUT2D eigenvalue weighted by Gasteiger charge is 2.44. The number of nitrogens with zero attached hydrogens (tertiary/aromatic N) is 5. The highest BCUT2D eigenvalue weighted by Crippen LogP contribution is 2.43. The lowest BCUT2D eigenvalue weighted by Gasteiger charge is -2.38. The number of nitrogens with one attached hydrogen (secondary N) is 2. The Morgan fingerprint density at radius 2 is 1.58 bits per heavy atom. The third-order valence-electron chi connectivity index (χ3n) is 9.99. The number of carbonyl (C=O) groups excluding carboxylic acids is 2. The van der Waals surface area contributed by atoms with Crippen LogP contribution in [0.4, 0.5) is 33.9 Å². The summed E-state index contributed by atoms with van der Waals surface area (Å²) in [6.45, 7) is 16.0. The minimum Gasteiger partial charge on any atom is -0.598 e. The summed E-state index contributed by atoms with van der Waals surface area (Å²) in [5.41, 5.74) is -3.81. The van der Waals surface area contributed by atoms with E-state index >= 15 is 4.39 Å². The smallest absolute Gasteiger partial charge is 0.435 e. The summed E-state index contributed by atoms with van der Waals surface area (Å²) >= 11 is -1.61. The van der Waals surface area contributed by atoms with Gasteiger partial charge in [0.15, 0.2) is 5.69 Å². The number of benzene rings is 2. The Bertz CT molecular complexity index is 2370. The van der Waals surface area contributed by atoms with Gasteiger partial charge in [0.1, 0.15) is 33.2 Å². The molecular weight excluding hydrogens is 799 g/mol. The van der Waals surface area contributed by atoms with Crippen LogP contribution in [0.1, 0.15) is 115 Å². The minimum atomic E-state index is -4.95. The van der Waals surface area contributed by atoms with Crippen LogP contribution in [0.3, 0.4) is 0 Å². The Morgan fingerprint density at radius 3 is 2.18 bits per heavy atom. The molecule has 1 aliphatic rings. The van der Waals surface area contributed by atoms with E-state index in [-0.39, 0.29) is 17.2 Å². The summed E-state index contributed by atoms with van der Waals surface area (Å²) in [7, 11) is 0. The van der Waals surface area contributed by atoms with Crippen LogP contribution in [-0.4, -0.2) is 52.2 Å². The van der Waals surface area contributed by atoms with Crippen molar-refractivity contribution in [3.8, 4) is 5.69 Å². The molecule has 5 aromatic rings. The lowest BCUT2D eigenvalue weighted by atomic mass is 9.79. The topological polar surface area (TPSA) is 137 Å². The Balaban J connectivity index is 1.45. The summed E-state index contributed by atoms with van der Waals surface area (Å²) in [5.74, 6) is -1.29. The van der Waals surface area contributed by atoms with Crippen molar-refractivity contribution in [3.05, 3.63) is 108 Å². The fraction of sp³-hybridized carbons (Fsp3) is 0.432. The van der Waals surface area contributed by atoms with E-state index in [9.17, 15) is 27.3 Å². The quantitative estimate of drug-likeness (QED) is 0.0990. The Hall–Kier alpha value is -5.06. The zero-order chi connectivity index (χ0) is 44.0. The van der Waals surface area contributed by atoms with Gasteiger partial charge in [0, 0.05) is 46.9 Å². The summed E-state index contributed by atoms with van der Waals surface area (Å²) in [6.07, 6.45) is 2.44. The first-order chi connectivity index (χ1) is 27.9. The van der Waals surface area contributed by atoms with Crippen LogP contribution in [0.5, 0.6) is 0 Å². The first-order valence-corrected chi connectivity index (χ1v) is 20.8. The van der Waals surface area contributed by atoms with E-state index in [1.807, 2.05) is 20.8 Å². The number of anilines is 2. The zero-order valence-corrected chi connectivity index (χ0v) is 36.0. The van der Waals surface area contributed by atoms with Gasteiger partial charge >= 0.3 is 12.3 Å². The van der Waals surface area contributed by atoms with E-state index in [1.165, 1.54) is 35.4 Å². The fourth-order valence-corrected chi connectivity index (χ4v) is 7.75. The van der Waals surface area contributed by atoms with Crippen LogP contribution >= 0.6 is 0 Å². The molecule has 6 rings (SSSR count). The van der Waals surface area contributed by atoms with Crippen LogP contribution in [-0.2, 0) is 27.8 Å². The maximum Gasteiger partial charge on any atom is 0.435 e. The molecule has 0 bridgehead atoms. The van der Waals surface area contributed by atoms with Crippen molar-refractivity contribution in [2.24, 2.45) is 5.92 Å². The van der Waals surface area contributed by atoms with Crippen LogP contribution < -0.4 is 14.9 Å². The molecule has 0 aliphatic heterocycles. The van der Waals surface area contributed by atoms with E-state index in [2.05, 4.69) is 25.1 Å². The third-order valence-corrected chi connectivity index (χ3v) is 11.6. The highest BCUT2D eigenvalue weighted by molar-refractivity contribution is 7.90. The lowest BCUT2D eigenvalue weighted by Crippen LogP contribution is -2.52. The zero-order valence-electron chi connectivity index (χ0n) is 35.2. The molecule has 3 heterocycles. The molecule has 2 aromatic carbocycles. The molecular formula is C44H51F4N7O4S. The number of alkyl halides is 3. The van der Waals surface area contributed by atoms with Gasteiger partial charge < -0.3 is 14.6 Å². The number of amides is 2. The van der Waals surface area contributed by atoms with Crippen LogP contribution in [0, 0.1) is 11.7 Å². The number of carbonyl (C=O) groups is 2. The summed E-state index contributed by atoms with van der Waals surface area (Å²) < 4.78 is 81.9.